The average molecular weight is 299 g/mol. The second kappa shape index (κ2) is 7.09. The lowest BCUT2D eigenvalue weighted by Gasteiger charge is -2.26. The molecule has 2 saturated heterocycles. The minimum absolute atomic E-state index is 0.201. The van der Waals surface area contributed by atoms with E-state index in [4.69, 9.17) is 4.74 Å². The van der Waals surface area contributed by atoms with E-state index in [1.165, 1.54) is 17.7 Å². The molecule has 0 saturated carbocycles. The molecule has 2 heterocycles. The van der Waals surface area contributed by atoms with Crippen LogP contribution in [0.25, 0.3) is 0 Å². The Kier molecular flexibility index (Phi) is 5.41. The highest BCUT2D eigenvalue weighted by Crippen LogP contribution is 2.20. The van der Waals surface area contributed by atoms with Crippen LogP contribution in [0.5, 0.6) is 0 Å². The molecule has 2 fully saturated rings. The third-order valence-electron chi connectivity index (χ3n) is 4.45. The second-order valence-corrected chi connectivity index (χ2v) is 5.88. The lowest BCUT2D eigenvalue weighted by molar-refractivity contribution is -0.141. The zero-order valence-electron chi connectivity index (χ0n) is 12.7. The summed E-state index contributed by atoms with van der Waals surface area (Å²) in [5.74, 6) is -0.975. The number of aliphatic carboxylic acids is 1. The van der Waals surface area contributed by atoms with Gasteiger partial charge in [0.1, 0.15) is 6.04 Å². The highest BCUT2D eigenvalue weighted by molar-refractivity contribution is 5.83. The van der Waals surface area contributed by atoms with Crippen molar-refractivity contribution in [3.8, 4) is 0 Å². The Morgan fingerprint density at radius 3 is 2.62 bits per heavy atom. The quantitative estimate of drug-likeness (QED) is 0.766. The predicted molar refractivity (Wildman–Crippen MR) is 77.2 cm³/mol. The smallest absolute Gasteiger partial charge is 0.326 e. The van der Waals surface area contributed by atoms with Crippen LogP contribution in [0.15, 0.2) is 0 Å². The molecule has 0 aromatic carbocycles. The van der Waals surface area contributed by atoms with Gasteiger partial charge in [0, 0.05) is 32.7 Å². The SMILES string of the molecule is COC1CC(C(=O)O)N(C(=O)NCC(C)N2CCCC2)C1. The van der Waals surface area contributed by atoms with Crippen molar-refractivity contribution in [2.24, 2.45) is 0 Å². The summed E-state index contributed by atoms with van der Waals surface area (Å²) in [6.07, 6.45) is 2.57. The summed E-state index contributed by atoms with van der Waals surface area (Å²) in [5, 5.41) is 12.1. The van der Waals surface area contributed by atoms with Crippen molar-refractivity contribution in [1.29, 1.82) is 0 Å². The number of hydrogen-bond acceptors (Lipinski definition) is 4. The first kappa shape index (κ1) is 16.0. The van der Waals surface area contributed by atoms with Crippen molar-refractivity contribution in [3.63, 3.8) is 0 Å². The van der Waals surface area contributed by atoms with E-state index in [-0.39, 0.29) is 18.2 Å². The number of carbonyl (C=O) groups is 2. The standard InChI is InChI=1S/C14H25N3O4/c1-10(16-5-3-4-6-16)8-15-14(20)17-9-11(21-2)7-12(17)13(18)19/h10-12H,3-9H2,1-2H3,(H,15,20)(H,18,19). The van der Waals surface area contributed by atoms with E-state index in [9.17, 15) is 14.7 Å². The molecule has 2 N–H and O–H groups in total. The van der Waals surface area contributed by atoms with Gasteiger partial charge >= 0.3 is 12.0 Å². The van der Waals surface area contributed by atoms with Crippen molar-refractivity contribution in [2.75, 3.05) is 33.3 Å². The summed E-state index contributed by atoms with van der Waals surface area (Å²) >= 11 is 0. The van der Waals surface area contributed by atoms with Crippen LogP contribution in [0.4, 0.5) is 4.79 Å². The van der Waals surface area contributed by atoms with Gasteiger partial charge in [-0.1, -0.05) is 0 Å². The summed E-state index contributed by atoms with van der Waals surface area (Å²) in [6, 6.07) is -0.828. The molecule has 2 rings (SSSR count). The maximum atomic E-state index is 12.2. The number of carboxylic acid groups (broad SMARTS) is 1. The van der Waals surface area contributed by atoms with Gasteiger partial charge in [0.25, 0.3) is 0 Å². The molecule has 2 amide bonds. The first-order valence-corrected chi connectivity index (χ1v) is 7.57. The summed E-state index contributed by atoms with van der Waals surface area (Å²) in [4.78, 5) is 27.2. The van der Waals surface area contributed by atoms with Crippen molar-refractivity contribution >= 4 is 12.0 Å². The van der Waals surface area contributed by atoms with Crippen LogP contribution < -0.4 is 5.32 Å². The van der Waals surface area contributed by atoms with Gasteiger partial charge in [0.15, 0.2) is 0 Å². The van der Waals surface area contributed by atoms with Crippen LogP contribution in [0, 0.1) is 0 Å². The van der Waals surface area contributed by atoms with Gasteiger partial charge in [-0.15, -0.1) is 0 Å². The monoisotopic (exact) mass is 299 g/mol. The minimum Gasteiger partial charge on any atom is -0.480 e. The zero-order chi connectivity index (χ0) is 15.4. The number of ether oxygens (including phenoxy) is 1. The van der Waals surface area contributed by atoms with Crippen molar-refractivity contribution in [2.45, 2.75) is 44.4 Å². The van der Waals surface area contributed by atoms with E-state index in [0.29, 0.717) is 19.5 Å². The molecule has 0 aromatic rings. The summed E-state index contributed by atoms with van der Waals surface area (Å²) in [6.45, 7) is 5.10. The Morgan fingerprint density at radius 2 is 2.05 bits per heavy atom. The number of rotatable bonds is 5. The number of methoxy groups -OCH3 is 1. The number of hydrogen-bond donors (Lipinski definition) is 2. The van der Waals surface area contributed by atoms with Gasteiger partial charge in [-0.3, -0.25) is 4.90 Å². The summed E-state index contributed by atoms with van der Waals surface area (Å²) in [5.41, 5.74) is 0. The molecule has 0 aliphatic carbocycles. The van der Waals surface area contributed by atoms with E-state index >= 15 is 0 Å². The molecule has 2 aliphatic heterocycles. The number of carboxylic acids is 1. The highest BCUT2D eigenvalue weighted by atomic mass is 16.5. The summed E-state index contributed by atoms with van der Waals surface area (Å²) < 4.78 is 5.19. The first-order valence-electron chi connectivity index (χ1n) is 7.57. The molecule has 0 bridgehead atoms. The Balaban J connectivity index is 1.85. The van der Waals surface area contributed by atoms with Crippen molar-refractivity contribution in [3.05, 3.63) is 0 Å². The van der Waals surface area contributed by atoms with Crippen molar-refractivity contribution < 1.29 is 19.4 Å². The number of urea groups is 1. The molecule has 120 valence electrons. The van der Waals surface area contributed by atoms with Gasteiger partial charge in [0.2, 0.25) is 0 Å². The zero-order valence-corrected chi connectivity index (χ0v) is 12.7. The van der Waals surface area contributed by atoms with Gasteiger partial charge < -0.3 is 20.1 Å². The first-order chi connectivity index (χ1) is 10.0. The minimum atomic E-state index is -0.975. The Labute approximate surface area is 125 Å². The fourth-order valence-electron chi connectivity index (χ4n) is 3.07. The van der Waals surface area contributed by atoms with Gasteiger partial charge in [0.05, 0.1) is 6.10 Å². The molecule has 3 unspecified atom stereocenters. The van der Waals surface area contributed by atoms with Crippen LogP contribution in [0.3, 0.4) is 0 Å². The number of likely N-dealkylation sites (tertiary alicyclic amines) is 2. The molecule has 0 spiro atoms. The number of amides is 2. The Hall–Kier alpha value is -1.34. The van der Waals surface area contributed by atoms with Crippen LogP contribution >= 0.6 is 0 Å². The fourth-order valence-corrected chi connectivity index (χ4v) is 3.07. The second-order valence-electron chi connectivity index (χ2n) is 5.88. The Bertz CT molecular complexity index is 384. The van der Waals surface area contributed by atoms with E-state index in [0.717, 1.165) is 13.1 Å². The van der Waals surface area contributed by atoms with E-state index < -0.39 is 12.0 Å². The van der Waals surface area contributed by atoms with Crippen LogP contribution in [-0.2, 0) is 9.53 Å². The number of nitrogens with one attached hydrogen (secondary N) is 1. The maximum Gasteiger partial charge on any atom is 0.326 e. The molecule has 0 radical (unpaired) electrons. The highest BCUT2D eigenvalue weighted by Gasteiger charge is 2.39. The Morgan fingerprint density at radius 1 is 1.38 bits per heavy atom. The average Bonchev–Trinajstić information content (AvgIpc) is 3.12. The van der Waals surface area contributed by atoms with Crippen LogP contribution in [0.1, 0.15) is 26.2 Å². The van der Waals surface area contributed by atoms with E-state index in [1.54, 1.807) is 7.11 Å². The van der Waals surface area contributed by atoms with Crippen LogP contribution in [-0.4, -0.2) is 78.4 Å². The molecule has 7 heteroatoms. The maximum absolute atomic E-state index is 12.2. The predicted octanol–water partition coefficient (Wildman–Crippen LogP) is 0.354. The molecule has 0 aromatic heterocycles. The van der Waals surface area contributed by atoms with Gasteiger partial charge in [-0.05, 0) is 32.9 Å². The van der Waals surface area contributed by atoms with Gasteiger partial charge in [-0.2, -0.15) is 0 Å². The number of carbonyl (C=O) groups excluding carboxylic acids is 1. The molecular formula is C14H25N3O4. The fraction of sp³-hybridized carbons (Fsp3) is 0.857. The van der Waals surface area contributed by atoms with E-state index in [2.05, 4.69) is 17.1 Å². The molecular weight excluding hydrogens is 274 g/mol. The largest absolute Gasteiger partial charge is 0.480 e. The van der Waals surface area contributed by atoms with Crippen LogP contribution in [0.2, 0.25) is 0 Å². The van der Waals surface area contributed by atoms with Crippen molar-refractivity contribution in [1.82, 2.24) is 15.1 Å². The van der Waals surface area contributed by atoms with Gasteiger partial charge in [-0.25, -0.2) is 9.59 Å². The lowest BCUT2D eigenvalue weighted by Crippen LogP contribution is -2.49. The lowest BCUT2D eigenvalue weighted by atomic mass is 10.2. The molecule has 7 nitrogen and oxygen atoms in total. The topological polar surface area (TPSA) is 82.1 Å². The van der Waals surface area contributed by atoms with E-state index in [1.807, 2.05) is 0 Å². The molecule has 3 atom stereocenters. The third-order valence-corrected chi connectivity index (χ3v) is 4.45. The molecule has 21 heavy (non-hydrogen) atoms. The molecule has 2 aliphatic rings. The normalized spacial score (nSPS) is 27.8. The number of nitrogens with zero attached hydrogens (tertiary/aromatic N) is 2. The summed E-state index contributed by atoms with van der Waals surface area (Å²) in [7, 11) is 1.54. The third kappa shape index (κ3) is 3.85.